The first-order valence-electron chi connectivity index (χ1n) is 9.74. The highest BCUT2D eigenvalue weighted by Gasteiger charge is 2.30. The van der Waals surface area contributed by atoms with Crippen molar-refractivity contribution in [3.05, 3.63) is 90.0 Å². The Morgan fingerprint density at radius 3 is 1.41 bits per heavy atom. The molecule has 0 radical (unpaired) electrons. The van der Waals surface area contributed by atoms with Crippen molar-refractivity contribution in [1.29, 1.82) is 0 Å². The first-order chi connectivity index (χ1) is 12.7. The molecule has 3 aromatic carbocycles. The summed E-state index contributed by atoms with van der Waals surface area (Å²) in [5.74, 6) is 0. The lowest BCUT2D eigenvalue weighted by Gasteiger charge is -2.36. The first-order valence-corrected chi connectivity index (χ1v) is 9.74. The summed E-state index contributed by atoms with van der Waals surface area (Å²) in [6, 6.07) is 28.1. The summed E-state index contributed by atoms with van der Waals surface area (Å²) in [6.07, 6.45) is 0. The minimum Gasteiger partial charge on any atom is -0.310 e. The van der Waals surface area contributed by atoms with Gasteiger partial charge in [0.25, 0.3) is 0 Å². The van der Waals surface area contributed by atoms with Crippen LogP contribution in [0, 0.1) is 0 Å². The minimum absolute atomic E-state index is 0.0288. The Kier molecular flexibility index (Phi) is 5.15. The largest absolute Gasteiger partial charge is 0.310 e. The van der Waals surface area contributed by atoms with E-state index in [0.717, 1.165) is 0 Å². The highest BCUT2D eigenvalue weighted by molar-refractivity contribution is 5.80. The summed E-state index contributed by atoms with van der Waals surface area (Å²) < 4.78 is 0. The highest BCUT2D eigenvalue weighted by atomic mass is 15.1. The molecule has 0 atom stereocenters. The van der Waals surface area contributed by atoms with Crippen LogP contribution < -0.4 is 4.90 Å². The van der Waals surface area contributed by atoms with Crippen molar-refractivity contribution in [2.75, 3.05) is 4.90 Å². The van der Waals surface area contributed by atoms with Crippen molar-refractivity contribution in [2.45, 2.75) is 52.4 Å². The molecule has 0 aliphatic carbocycles. The van der Waals surface area contributed by atoms with Gasteiger partial charge in [-0.1, -0.05) is 90.1 Å². The molecule has 0 N–H and O–H groups in total. The van der Waals surface area contributed by atoms with Gasteiger partial charge in [0.15, 0.2) is 0 Å². The van der Waals surface area contributed by atoms with E-state index < -0.39 is 0 Å². The third-order valence-electron chi connectivity index (χ3n) is 4.87. The zero-order chi connectivity index (χ0) is 19.7. The number of hydrogen-bond donors (Lipinski definition) is 0. The van der Waals surface area contributed by atoms with Gasteiger partial charge >= 0.3 is 0 Å². The average Bonchev–Trinajstić information content (AvgIpc) is 2.62. The lowest BCUT2D eigenvalue weighted by atomic mass is 9.74. The zero-order valence-electron chi connectivity index (χ0n) is 17.5. The molecular weight excluding hydrogens is 326 g/mol. The minimum atomic E-state index is 0.0288. The predicted molar refractivity (Wildman–Crippen MR) is 119 cm³/mol. The molecule has 0 amide bonds. The van der Waals surface area contributed by atoms with Crippen LogP contribution in [0.3, 0.4) is 0 Å². The van der Waals surface area contributed by atoms with Crippen molar-refractivity contribution in [3.63, 3.8) is 0 Å². The van der Waals surface area contributed by atoms with Crippen molar-refractivity contribution >= 4 is 17.1 Å². The standard InChI is InChI=1S/C26H31N/c1-25(2,3)22-18-13-19-23(24(22)26(4,5)6)27(20-14-9-7-10-15-20)21-16-11-8-12-17-21/h7-19H,1-6H3. The Morgan fingerprint density at radius 2 is 1.00 bits per heavy atom. The van der Waals surface area contributed by atoms with Crippen molar-refractivity contribution in [3.8, 4) is 0 Å². The molecule has 0 fully saturated rings. The van der Waals surface area contributed by atoms with E-state index in [2.05, 4.69) is 125 Å². The van der Waals surface area contributed by atoms with Crippen LogP contribution in [0.25, 0.3) is 0 Å². The van der Waals surface area contributed by atoms with Gasteiger partial charge in [-0.2, -0.15) is 0 Å². The maximum Gasteiger partial charge on any atom is 0.0501 e. The molecule has 0 saturated heterocycles. The molecule has 140 valence electrons. The number of nitrogens with zero attached hydrogens (tertiary/aromatic N) is 1. The maximum absolute atomic E-state index is 2.38. The molecule has 0 aliphatic rings. The molecule has 0 saturated carbocycles. The SMILES string of the molecule is CC(C)(C)c1cccc(N(c2ccccc2)c2ccccc2)c1C(C)(C)C. The van der Waals surface area contributed by atoms with E-state index in [1.54, 1.807) is 0 Å². The molecule has 0 spiro atoms. The molecule has 0 heterocycles. The van der Waals surface area contributed by atoms with Crippen LogP contribution in [0.4, 0.5) is 17.1 Å². The van der Waals surface area contributed by atoms with Gasteiger partial charge in [-0.05, 0) is 52.3 Å². The zero-order valence-corrected chi connectivity index (χ0v) is 17.5. The number of benzene rings is 3. The van der Waals surface area contributed by atoms with E-state index in [1.807, 2.05) is 0 Å². The quantitative estimate of drug-likeness (QED) is 0.463. The Morgan fingerprint density at radius 1 is 0.519 bits per heavy atom. The summed E-state index contributed by atoms with van der Waals surface area (Å²) in [5, 5.41) is 0. The van der Waals surface area contributed by atoms with Gasteiger partial charge in [0.2, 0.25) is 0 Å². The molecule has 0 bridgehead atoms. The van der Waals surface area contributed by atoms with Crippen molar-refractivity contribution in [1.82, 2.24) is 0 Å². The fraction of sp³-hybridized carbons (Fsp3) is 0.308. The molecule has 0 unspecified atom stereocenters. The number of para-hydroxylation sites is 2. The molecule has 1 heteroatoms. The Bertz CT molecular complexity index is 841. The van der Waals surface area contributed by atoms with Gasteiger partial charge in [-0.3, -0.25) is 0 Å². The second kappa shape index (κ2) is 7.23. The third-order valence-corrected chi connectivity index (χ3v) is 4.87. The van der Waals surface area contributed by atoms with Crippen LogP contribution in [-0.4, -0.2) is 0 Å². The number of anilines is 3. The van der Waals surface area contributed by atoms with E-state index in [0.29, 0.717) is 0 Å². The Labute approximate surface area is 164 Å². The molecule has 3 rings (SSSR count). The van der Waals surface area contributed by atoms with Crippen LogP contribution in [0.1, 0.15) is 52.7 Å². The van der Waals surface area contributed by atoms with E-state index in [4.69, 9.17) is 0 Å². The molecule has 0 aromatic heterocycles. The lowest BCUT2D eigenvalue weighted by Crippen LogP contribution is -2.25. The fourth-order valence-corrected chi connectivity index (χ4v) is 3.72. The fourth-order valence-electron chi connectivity index (χ4n) is 3.72. The van der Waals surface area contributed by atoms with Gasteiger partial charge < -0.3 is 4.90 Å². The van der Waals surface area contributed by atoms with Crippen LogP contribution in [0.5, 0.6) is 0 Å². The second-order valence-electron chi connectivity index (χ2n) is 9.21. The predicted octanol–water partition coefficient (Wildman–Crippen LogP) is 7.75. The Hall–Kier alpha value is -2.54. The van der Waals surface area contributed by atoms with Gasteiger partial charge in [0.1, 0.15) is 0 Å². The smallest absolute Gasteiger partial charge is 0.0501 e. The highest BCUT2D eigenvalue weighted by Crippen LogP contribution is 2.44. The van der Waals surface area contributed by atoms with E-state index in [-0.39, 0.29) is 10.8 Å². The second-order valence-corrected chi connectivity index (χ2v) is 9.21. The van der Waals surface area contributed by atoms with Crippen molar-refractivity contribution < 1.29 is 0 Å². The van der Waals surface area contributed by atoms with Gasteiger partial charge in [-0.25, -0.2) is 0 Å². The first kappa shape index (κ1) is 19.2. The molecule has 0 aliphatic heterocycles. The molecule has 27 heavy (non-hydrogen) atoms. The van der Waals surface area contributed by atoms with E-state index >= 15 is 0 Å². The van der Waals surface area contributed by atoms with Crippen molar-refractivity contribution in [2.24, 2.45) is 0 Å². The van der Waals surface area contributed by atoms with Gasteiger partial charge in [0, 0.05) is 11.4 Å². The lowest BCUT2D eigenvalue weighted by molar-refractivity contribution is 0.531. The summed E-state index contributed by atoms with van der Waals surface area (Å²) in [6.45, 7) is 13.9. The van der Waals surface area contributed by atoms with Crippen LogP contribution in [0.15, 0.2) is 78.9 Å². The van der Waals surface area contributed by atoms with Gasteiger partial charge in [-0.15, -0.1) is 0 Å². The van der Waals surface area contributed by atoms with Gasteiger partial charge in [0.05, 0.1) is 5.69 Å². The average molecular weight is 358 g/mol. The molecule has 1 nitrogen and oxygen atoms in total. The Balaban J connectivity index is 2.34. The molecular formula is C26H31N. The topological polar surface area (TPSA) is 3.24 Å². The van der Waals surface area contributed by atoms with Crippen LogP contribution in [-0.2, 0) is 10.8 Å². The monoisotopic (exact) mass is 357 g/mol. The summed E-state index contributed by atoms with van der Waals surface area (Å²) in [7, 11) is 0. The van der Waals surface area contributed by atoms with E-state index in [9.17, 15) is 0 Å². The third kappa shape index (κ3) is 4.08. The van der Waals surface area contributed by atoms with E-state index in [1.165, 1.54) is 28.2 Å². The number of hydrogen-bond acceptors (Lipinski definition) is 1. The molecule has 3 aromatic rings. The number of rotatable bonds is 3. The maximum atomic E-state index is 2.38. The summed E-state index contributed by atoms with van der Waals surface area (Å²) in [4.78, 5) is 2.38. The summed E-state index contributed by atoms with van der Waals surface area (Å²) >= 11 is 0. The summed E-state index contributed by atoms with van der Waals surface area (Å²) in [5.41, 5.74) is 6.54. The normalized spacial score (nSPS) is 12.1. The van der Waals surface area contributed by atoms with Crippen LogP contribution in [0.2, 0.25) is 0 Å². The van der Waals surface area contributed by atoms with Crippen LogP contribution >= 0.6 is 0 Å².